The number of ether oxygens (including phenoxy) is 1. The van der Waals surface area contributed by atoms with E-state index in [1.165, 1.54) is 25.7 Å². The van der Waals surface area contributed by atoms with Gasteiger partial charge in [0.25, 0.3) is 0 Å². The van der Waals surface area contributed by atoms with E-state index in [9.17, 15) is 5.11 Å². The van der Waals surface area contributed by atoms with Crippen LogP contribution in [0.4, 0.5) is 0 Å². The minimum atomic E-state index is -0.488. The Balaban J connectivity index is 2.04. The molecule has 12 heavy (non-hydrogen) atoms. The quantitative estimate of drug-likeness (QED) is 0.602. The lowest BCUT2D eigenvalue weighted by Gasteiger charge is -2.16. The van der Waals surface area contributed by atoms with Gasteiger partial charge in [-0.05, 0) is 18.8 Å². The summed E-state index contributed by atoms with van der Waals surface area (Å²) in [7, 11) is 0. The Morgan fingerprint density at radius 2 is 1.92 bits per heavy atom. The molecule has 2 rings (SSSR count). The summed E-state index contributed by atoms with van der Waals surface area (Å²) in [5, 5.41) is 9.50. The molecule has 0 aromatic heterocycles. The zero-order chi connectivity index (χ0) is 8.55. The van der Waals surface area contributed by atoms with Gasteiger partial charge in [-0.15, -0.1) is 0 Å². The monoisotopic (exact) mass is 170 g/mol. The third-order valence-electron chi connectivity index (χ3n) is 3.44. The average Bonchev–Trinajstić information content (AvgIpc) is 2.30. The van der Waals surface area contributed by atoms with Gasteiger partial charge in [0, 0.05) is 5.92 Å². The lowest BCUT2D eigenvalue weighted by Crippen LogP contribution is -2.18. The number of fused-ring (bicyclic) bond motifs is 1. The Kier molecular flexibility index (Phi) is 2.37. The molecule has 70 valence electrons. The Morgan fingerprint density at radius 3 is 2.75 bits per heavy atom. The van der Waals surface area contributed by atoms with Crippen LogP contribution in [0.2, 0.25) is 0 Å². The number of aliphatic hydroxyl groups excluding tert-OH is 1. The van der Waals surface area contributed by atoms with Crippen molar-refractivity contribution in [2.75, 3.05) is 0 Å². The van der Waals surface area contributed by atoms with Crippen LogP contribution in [0.5, 0.6) is 0 Å². The van der Waals surface area contributed by atoms with Crippen LogP contribution in [0.1, 0.15) is 39.0 Å². The fraction of sp³-hybridized carbons (Fsp3) is 1.00. The molecule has 0 aromatic carbocycles. The molecule has 0 aromatic rings. The van der Waals surface area contributed by atoms with E-state index in [4.69, 9.17) is 4.74 Å². The van der Waals surface area contributed by atoms with Gasteiger partial charge in [-0.25, -0.2) is 0 Å². The van der Waals surface area contributed by atoms with Crippen LogP contribution in [-0.4, -0.2) is 17.5 Å². The molecule has 2 heteroatoms. The molecule has 4 atom stereocenters. The smallest absolute Gasteiger partial charge is 0.157 e. The summed E-state index contributed by atoms with van der Waals surface area (Å²) in [6.07, 6.45) is 6.23. The van der Waals surface area contributed by atoms with Crippen molar-refractivity contribution in [3.05, 3.63) is 0 Å². The average molecular weight is 170 g/mol. The standard InChI is InChI=1S/C10H18O2/c1-7-8-5-3-2-4-6-9(8)12-10(7)11/h7-11H,2-6H2,1H3/t7?,8-,9+,10?/m1/s1. The lowest BCUT2D eigenvalue weighted by molar-refractivity contribution is -0.107. The molecule has 1 saturated heterocycles. The van der Waals surface area contributed by atoms with Gasteiger partial charge in [0.05, 0.1) is 6.10 Å². The maximum Gasteiger partial charge on any atom is 0.157 e. The van der Waals surface area contributed by atoms with Crippen LogP contribution >= 0.6 is 0 Å². The van der Waals surface area contributed by atoms with Crippen LogP contribution in [0.15, 0.2) is 0 Å². The molecule has 0 amide bonds. The molecule has 0 bridgehead atoms. The first-order valence-corrected chi connectivity index (χ1v) is 5.12. The highest BCUT2D eigenvalue weighted by Crippen LogP contribution is 2.39. The predicted octanol–water partition coefficient (Wildman–Crippen LogP) is 1.92. The SMILES string of the molecule is CC1C(O)O[C@H]2CCCCC[C@H]12. The summed E-state index contributed by atoms with van der Waals surface area (Å²) in [6.45, 7) is 2.11. The third-order valence-corrected chi connectivity index (χ3v) is 3.44. The Hall–Kier alpha value is -0.0800. The van der Waals surface area contributed by atoms with Gasteiger partial charge in [0.1, 0.15) is 0 Å². The van der Waals surface area contributed by atoms with E-state index in [1.54, 1.807) is 0 Å². The summed E-state index contributed by atoms with van der Waals surface area (Å²) < 4.78 is 5.51. The zero-order valence-corrected chi connectivity index (χ0v) is 7.70. The van der Waals surface area contributed by atoms with Gasteiger partial charge in [0.15, 0.2) is 6.29 Å². The largest absolute Gasteiger partial charge is 0.368 e. The van der Waals surface area contributed by atoms with Gasteiger partial charge >= 0.3 is 0 Å². The van der Waals surface area contributed by atoms with Crippen LogP contribution in [0.25, 0.3) is 0 Å². The molecular formula is C10H18O2. The summed E-state index contributed by atoms with van der Waals surface area (Å²) in [4.78, 5) is 0. The van der Waals surface area contributed by atoms with Crippen molar-refractivity contribution in [2.24, 2.45) is 11.8 Å². The van der Waals surface area contributed by atoms with Crippen molar-refractivity contribution in [2.45, 2.75) is 51.4 Å². The van der Waals surface area contributed by atoms with E-state index in [-0.39, 0.29) is 0 Å². The van der Waals surface area contributed by atoms with Crippen LogP contribution in [0, 0.1) is 11.8 Å². The van der Waals surface area contributed by atoms with E-state index < -0.39 is 6.29 Å². The molecule has 2 aliphatic rings. The molecule has 2 unspecified atom stereocenters. The van der Waals surface area contributed by atoms with Gasteiger partial charge in [-0.2, -0.15) is 0 Å². The fourth-order valence-electron chi connectivity index (χ4n) is 2.59. The van der Waals surface area contributed by atoms with Gasteiger partial charge in [-0.1, -0.05) is 26.2 Å². The Bertz CT molecular complexity index is 158. The van der Waals surface area contributed by atoms with E-state index in [2.05, 4.69) is 6.92 Å². The summed E-state index contributed by atoms with van der Waals surface area (Å²) in [5.74, 6) is 0.982. The molecule has 2 fully saturated rings. The first kappa shape index (κ1) is 8.52. The van der Waals surface area contributed by atoms with Gasteiger partial charge < -0.3 is 9.84 Å². The fourth-order valence-corrected chi connectivity index (χ4v) is 2.59. The maximum absolute atomic E-state index is 9.50. The van der Waals surface area contributed by atoms with Crippen molar-refractivity contribution in [1.29, 1.82) is 0 Å². The molecule has 1 heterocycles. The minimum absolute atomic E-state index is 0.355. The van der Waals surface area contributed by atoms with E-state index in [1.807, 2.05) is 0 Å². The minimum Gasteiger partial charge on any atom is -0.368 e. The van der Waals surface area contributed by atoms with E-state index >= 15 is 0 Å². The highest BCUT2D eigenvalue weighted by atomic mass is 16.6. The van der Waals surface area contributed by atoms with Crippen LogP contribution in [-0.2, 0) is 4.74 Å². The first-order chi connectivity index (χ1) is 5.79. The number of hydrogen-bond acceptors (Lipinski definition) is 2. The van der Waals surface area contributed by atoms with Crippen molar-refractivity contribution in [3.8, 4) is 0 Å². The van der Waals surface area contributed by atoms with E-state index in [0.717, 1.165) is 6.42 Å². The normalized spacial score (nSPS) is 48.5. The second-order valence-corrected chi connectivity index (χ2v) is 4.23. The van der Waals surface area contributed by atoms with Gasteiger partial charge in [-0.3, -0.25) is 0 Å². The molecule has 1 saturated carbocycles. The number of rotatable bonds is 0. The van der Waals surface area contributed by atoms with Crippen molar-refractivity contribution in [3.63, 3.8) is 0 Å². The zero-order valence-electron chi connectivity index (χ0n) is 7.70. The Morgan fingerprint density at radius 1 is 1.17 bits per heavy atom. The first-order valence-electron chi connectivity index (χ1n) is 5.12. The molecule has 0 radical (unpaired) electrons. The molecule has 1 aliphatic carbocycles. The highest BCUT2D eigenvalue weighted by molar-refractivity contribution is 4.85. The van der Waals surface area contributed by atoms with Crippen molar-refractivity contribution < 1.29 is 9.84 Å². The summed E-state index contributed by atoms with van der Waals surface area (Å²) >= 11 is 0. The second-order valence-electron chi connectivity index (χ2n) is 4.23. The van der Waals surface area contributed by atoms with E-state index in [0.29, 0.717) is 17.9 Å². The molecule has 0 spiro atoms. The predicted molar refractivity (Wildman–Crippen MR) is 46.6 cm³/mol. The van der Waals surface area contributed by atoms with Crippen LogP contribution < -0.4 is 0 Å². The van der Waals surface area contributed by atoms with Crippen molar-refractivity contribution in [1.82, 2.24) is 0 Å². The number of hydrogen-bond donors (Lipinski definition) is 1. The second kappa shape index (κ2) is 3.35. The molecule has 2 nitrogen and oxygen atoms in total. The maximum atomic E-state index is 9.50. The van der Waals surface area contributed by atoms with Crippen molar-refractivity contribution >= 4 is 0 Å². The van der Waals surface area contributed by atoms with Gasteiger partial charge in [0.2, 0.25) is 0 Å². The molecule has 1 N–H and O–H groups in total. The number of aliphatic hydroxyl groups is 1. The Labute approximate surface area is 73.9 Å². The summed E-state index contributed by atoms with van der Waals surface area (Å²) in [5.41, 5.74) is 0. The molecular weight excluding hydrogens is 152 g/mol. The summed E-state index contributed by atoms with van der Waals surface area (Å²) in [6, 6.07) is 0. The topological polar surface area (TPSA) is 29.5 Å². The van der Waals surface area contributed by atoms with Crippen LogP contribution in [0.3, 0.4) is 0 Å². The highest BCUT2D eigenvalue weighted by Gasteiger charge is 2.40. The molecule has 1 aliphatic heterocycles. The third kappa shape index (κ3) is 1.38. The lowest BCUT2D eigenvalue weighted by atomic mass is 9.88.